The summed E-state index contributed by atoms with van der Waals surface area (Å²) in [5.74, 6) is 0. The fraction of sp³-hybridized carbons (Fsp3) is 0.167. The lowest BCUT2D eigenvalue weighted by molar-refractivity contribution is 0.603. The minimum atomic E-state index is -3.45. The maximum atomic E-state index is 11.9. The molecule has 1 aromatic heterocycles. The number of anilines is 1. The summed E-state index contributed by atoms with van der Waals surface area (Å²) < 4.78 is 26.6. The van der Waals surface area contributed by atoms with Crippen LogP contribution in [0.5, 0.6) is 0 Å². The van der Waals surface area contributed by atoms with Gasteiger partial charge in [0.2, 0.25) is 0 Å². The zero-order valence-corrected chi connectivity index (χ0v) is 10.9. The molecule has 1 aromatic carbocycles. The molecule has 3 nitrogen and oxygen atoms in total. The molecule has 0 saturated heterocycles. The number of rotatable bonds is 4. The zero-order chi connectivity index (χ0) is 12.3. The van der Waals surface area contributed by atoms with Gasteiger partial charge in [-0.1, -0.05) is 19.1 Å². The second-order valence-electron chi connectivity index (χ2n) is 3.50. The van der Waals surface area contributed by atoms with E-state index in [1.54, 1.807) is 29.6 Å². The van der Waals surface area contributed by atoms with Gasteiger partial charge in [0.25, 0.3) is 10.0 Å². The molecule has 1 radical (unpaired) electrons. The monoisotopic (exact) mass is 266 g/mol. The Hall–Kier alpha value is -1.33. The van der Waals surface area contributed by atoms with Crippen LogP contribution in [0.3, 0.4) is 0 Å². The van der Waals surface area contributed by atoms with E-state index in [1.165, 1.54) is 11.3 Å². The molecule has 0 saturated carbocycles. The second-order valence-corrected chi connectivity index (χ2v) is 6.36. The minimum absolute atomic E-state index is 0.311. The molecule has 89 valence electrons. The van der Waals surface area contributed by atoms with Gasteiger partial charge in [-0.2, -0.15) is 0 Å². The maximum absolute atomic E-state index is 11.9. The summed E-state index contributed by atoms with van der Waals surface area (Å²) in [4.78, 5) is 0. The highest BCUT2D eigenvalue weighted by Crippen LogP contribution is 2.20. The van der Waals surface area contributed by atoms with Crippen LogP contribution in [0, 0.1) is 6.07 Å². The lowest BCUT2D eigenvalue weighted by Gasteiger charge is -2.06. The van der Waals surface area contributed by atoms with Crippen LogP contribution in [0.1, 0.15) is 12.5 Å². The number of hydrogen-bond acceptors (Lipinski definition) is 3. The first kappa shape index (κ1) is 12.1. The molecule has 0 aliphatic carbocycles. The molecular formula is C12H12NO2S2. The van der Waals surface area contributed by atoms with Crippen molar-refractivity contribution in [2.24, 2.45) is 0 Å². The number of benzene rings is 1. The maximum Gasteiger partial charge on any atom is 0.271 e. The quantitative estimate of drug-likeness (QED) is 0.925. The van der Waals surface area contributed by atoms with Gasteiger partial charge >= 0.3 is 0 Å². The van der Waals surface area contributed by atoms with Crippen LogP contribution in [0.2, 0.25) is 0 Å². The molecule has 2 rings (SSSR count). The van der Waals surface area contributed by atoms with Crippen molar-refractivity contribution in [1.29, 1.82) is 0 Å². The van der Waals surface area contributed by atoms with Crippen LogP contribution in [-0.2, 0) is 16.4 Å². The summed E-state index contributed by atoms with van der Waals surface area (Å²) in [6.07, 6.45) is 0.911. The molecule has 5 heteroatoms. The van der Waals surface area contributed by atoms with Gasteiger partial charge in [0, 0.05) is 6.07 Å². The van der Waals surface area contributed by atoms with E-state index < -0.39 is 10.0 Å². The van der Waals surface area contributed by atoms with Crippen LogP contribution < -0.4 is 4.72 Å². The van der Waals surface area contributed by atoms with Crippen molar-refractivity contribution in [3.8, 4) is 0 Å². The van der Waals surface area contributed by atoms with Gasteiger partial charge in [-0.15, -0.1) is 11.3 Å². The third-order valence-corrected chi connectivity index (χ3v) is 5.05. The van der Waals surface area contributed by atoms with Gasteiger partial charge in [0.05, 0.1) is 5.69 Å². The van der Waals surface area contributed by atoms with Crippen molar-refractivity contribution in [3.63, 3.8) is 0 Å². The third kappa shape index (κ3) is 2.87. The molecule has 0 spiro atoms. The number of hydrogen-bond donors (Lipinski definition) is 1. The highest BCUT2D eigenvalue weighted by atomic mass is 32.2. The first-order valence-electron chi connectivity index (χ1n) is 5.19. The summed E-state index contributed by atoms with van der Waals surface area (Å²) >= 11 is 1.19. The molecule has 0 aliphatic rings. The van der Waals surface area contributed by atoms with E-state index in [0.717, 1.165) is 12.0 Å². The van der Waals surface area contributed by atoms with Crippen LogP contribution in [-0.4, -0.2) is 8.42 Å². The van der Waals surface area contributed by atoms with E-state index in [2.05, 4.69) is 10.8 Å². The number of sulfonamides is 1. The molecule has 0 aliphatic heterocycles. The fourth-order valence-electron chi connectivity index (χ4n) is 1.35. The highest BCUT2D eigenvalue weighted by Gasteiger charge is 2.14. The Morgan fingerprint density at radius 3 is 2.71 bits per heavy atom. The lowest BCUT2D eigenvalue weighted by Crippen LogP contribution is -2.11. The van der Waals surface area contributed by atoms with Crippen molar-refractivity contribution >= 4 is 27.0 Å². The van der Waals surface area contributed by atoms with E-state index in [1.807, 2.05) is 13.0 Å². The Balaban J connectivity index is 2.21. The number of aryl methyl sites for hydroxylation is 1. The summed E-state index contributed by atoms with van der Waals surface area (Å²) in [6, 6.07) is 11.6. The minimum Gasteiger partial charge on any atom is -0.278 e. The first-order valence-corrected chi connectivity index (χ1v) is 7.55. The van der Waals surface area contributed by atoms with Crippen molar-refractivity contribution in [1.82, 2.24) is 0 Å². The number of nitrogens with one attached hydrogen (secondary N) is 1. The predicted molar refractivity (Wildman–Crippen MR) is 69.8 cm³/mol. The molecule has 1 N–H and O–H groups in total. The van der Waals surface area contributed by atoms with Gasteiger partial charge in [0.1, 0.15) is 4.21 Å². The molecule has 0 fully saturated rings. The first-order chi connectivity index (χ1) is 8.12. The van der Waals surface area contributed by atoms with Gasteiger partial charge in [-0.05, 0) is 35.6 Å². The predicted octanol–water partition coefficient (Wildman–Crippen LogP) is 2.91. The molecule has 0 bridgehead atoms. The van der Waals surface area contributed by atoms with Gasteiger partial charge in [-0.3, -0.25) is 4.72 Å². The summed E-state index contributed by atoms with van der Waals surface area (Å²) in [7, 11) is -3.45. The standard InChI is InChI=1S/C12H12NO2S2/c1-2-10-5-7-11(8-6-10)13-17(14,15)12-4-3-9-16-12/h3-7,9,13H,2H2,1H3. The van der Waals surface area contributed by atoms with Crippen LogP contribution >= 0.6 is 11.3 Å². The van der Waals surface area contributed by atoms with Crippen molar-refractivity contribution < 1.29 is 8.42 Å². The molecule has 0 atom stereocenters. The van der Waals surface area contributed by atoms with Gasteiger partial charge < -0.3 is 0 Å². The molecule has 1 heterocycles. The third-order valence-electron chi connectivity index (χ3n) is 2.29. The Bertz CT molecular complexity index is 571. The molecule has 0 amide bonds. The Morgan fingerprint density at radius 1 is 1.35 bits per heavy atom. The van der Waals surface area contributed by atoms with Crippen LogP contribution in [0.25, 0.3) is 0 Å². The Morgan fingerprint density at radius 2 is 2.18 bits per heavy atom. The summed E-state index contributed by atoms with van der Waals surface area (Å²) in [6.45, 7) is 2.04. The van der Waals surface area contributed by atoms with E-state index in [-0.39, 0.29) is 0 Å². The Kier molecular flexibility index (Phi) is 3.49. The van der Waals surface area contributed by atoms with Crippen molar-refractivity contribution in [2.45, 2.75) is 17.6 Å². The SMILES string of the molecule is CCc1c[c]c(NS(=O)(=O)c2cccs2)cc1. The van der Waals surface area contributed by atoms with E-state index in [9.17, 15) is 8.42 Å². The molecular weight excluding hydrogens is 254 g/mol. The number of thiophene rings is 1. The topological polar surface area (TPSA) is 46.2 Å². The average Bonchev–Trinajstić information content (AvgIpc) is 2.84. The fourth-order valence-corrected chi connectivity index (χ4v) is 3.37. The van der Waals surface area contributed by atoms with Gasteiger partial charge in [-0.25, -0.2) is 8.42 Å². The summed E-state index contributed by atoms with van der Waals surface area (Å²) in [5, 5.41) is 1.73. The van der Waals surface area contributed by atoms with Gasteiger partial charge in [0.15, 0.2) is 0 Å². The van der Waals surface area contributed by atoms with E-state index in [0.29, 0.717) is 9.90 Å². The lowest BCUT2D eigenvalue weighted by atomic mass is 10.2. The summed E-state index contributed by atoms with van der Waals surface area (Å²) in [5.41, 5.74) is 1.60. The normalized spacial score (nSPS) is 11.4. The molecule has 0 unspecified atom stereocenters. The Labute approximate surface area is 105 Å². The van der Waals surface area contributed by atoms with Crippen LogP contribution in [0.15, 0.2) is 39.9 Å². The largest absolute Gasteiger partial charge is 0.278 e. The molecule has 2 aromatic rings. The van der Waals surface area contributed by atoms with E-state index >= 15 is 0 Å². The van der Waals surface area contributed by atoms with Crippen molar-refractivity contribution in [2.75, 3.05) is 4.72 Å². The van der Waals surface area contributed by atoms with Crippen molar-refractivity contribution in [3.05, 3.63) is 47.3 Å². The smallest absolute Gasteiger partial charge is 0.271 e. The zero-order valence-electron chi connectivity index (χ0n) is 9.30. The molecule has 17 heavy (non-hydrogen) atoms. The van der Waals surface area contributed by atoms with E-state index in [4.69, 9.17) is 0 Å². The highest BCUT2D eigenvalue weighted by molar-refractivity contribution is 7.94. The average molecular weight is 266 g/mol. The van der Waals surface area contributed by atoms with Crippen LogP contribution in [0.4, 0.5) is 5.69 Å². The second kappa shape index (κ2) is 4.89.